The maximum Gasteiger partial charge on any atom is 0.266 e. The first kappa shape index (κ1) is 17.8. The molecule has 1 saturated heterocycles. The third kappa shape index (κ3) is 3.90. The minimum Gasteiger partial charge on any atom is -0.441 e. The molecule has 0 atom stereocenters. The Labute approximate surface area is 162 Å². The lowest BCUT2D eigenvalue weighted by Gasteiger charge is -2.26. The number of nitriles is 1. The van der Waals surface area contributed by atoms with Crippen LogP contribution in [0, 0.1) is 11.3 Å². The number of amides is 1. The summed E-state index contributed by atoms with van der Waals surface area (Å²) in [6, 6.07) is 19.1. The van der Waals surface area contributed by atoms with E-state index in [1.807, 2.05) is 54.6 Å². The number of rotatable bonds is 4. The van der Waals surface area contributed by atoms with Gasteiger partial charge in [0, 0.05) is 30.9 Å². The minimum absolute atomic E-state index is 0.0176. The molecule has 1 amide bonds. The molecule has 2 heterocycles. The monoisotopic (exact) mass is 373 g/mol. The number of benzene rings is 2. The largest absolute Gasteiger partial charge is 0.441 e. The van der Waals surface area contributed by atoms with Crippen LogP contribution in [0.1, 0.15) is 5.76 Å². The van der Waals surface area contributed by atoms with E-state index in [2.05, 4.69) is 10.2 Å². The van der Waals surface area contributed by atoms with Gasteiger partial charge >= 0.3 is 0 Å². The summed E-state index contributed by atoms with van der Waals surface area (Å²) in [7, 11) is 0. The van der Waals surface area contributed by atoms with Gasteiger partial charge in [0.2, 0.25) is 0 Å². The second kappa shape index (κ2) is 7.99. The lowest BCUT2D eigenvalue weighted by molar-refractivity contribution is -0.112. The van der Waals surface area contributed by atoms with Crippen LogP contribution in [0.5, 0.6) is 0 Å². The normalized spacial score (nSPS) is 14.7. The quantitative estimate of drug-likeness (QED) is 0.556. The summed E-state index contributed by atoms with van der Waals surface area (Å²) < 4.78 is 11.1. The molecule has 1 N–H and O–H groups in total. The Kier molecular flexibility index (Phi) is 5.09. The van der Waals surface area contributed by atoms with Crippen molar-refractivity contribution in [3.8, 4) is 6.07 Å². The number of furan rings is 1. The van der Waals surface area contributed by atoms with Crippen molar-refractivity contribution in [1.29, 1.82) is 5.26 Å². The molecule has 0 saturated carbocycles. The standard InChI is InChI=1S/C22H19N3O3/c23-15-18(14-20-7-8-21(28-20)25-9-11-27-12-10-25)22(26)24-19-6-5-16-3-1-2-4-17(16)13-19/h1-8,13-14H,9-12H2,(H,24,26)/b18-14+. The van der Waals surface area contributed by atoms with Crippen molar-refractivity contribution in [3.05, 3.63) is 65.9 Å². The molecule has 28 heavy (non-hydrogen) atoms. The van der Waals surface area contributed by atoms with Gasteiger partial charge in [0.1, 0.15) is 17.4 Å². The maximum absolute atomic E-state index is 12.5. The van der Waals surface area contributed by atoms with E-state index in [0.717, 1.165) is 23.9 Å². The van der Waals surface area contributed by atoms with Crippen molar-refractivity contribution in [2.45, 2.75) is 0 Å². The number of nitrogens with one attached hydrogen (secondary N) is 1. The molecule has 1 aliphatic heterocycles. The van der Waals surface area contributed by atoms with Crippen LogP contribution < -0.4 is 10.2 Å². The zero-order valence-corrected chi connectivity index (χ0v) is 15.2. The number of hydrogen-bond acceptors (Lipinski definition) is 5. The average molecular weight is 373 g/mol. The highest BCUT2D eigenvalue weighted by Gasteiger charge is 2.16. The van der Waals surface area contributed by atoms with Gasteiger partial charge in [-0.3, -0.25) is 4.79 Å². The van der Waals surface area contributed by atoms with Crippen LogP contribution in [0.25, 0.3) is 16.8 Å². The fraction of sp³-hybridized carbons (Fsp3) is 0.182. The van der Waals surface area contributed by atoms with Crippen LogP contribution in [0.4, 0.5) is 11.6 Å². The summed E-state index contributed by atoms with van der Waals surface area (Å²) in [5, 5.41) is 14.3. The van der Waals surface area contributed by atoms with Gasteiger partial charge in [0.15, 0.2) is 5.88 Å². The van der Waals surface area contributed by atoms with E-state index in [4.69, 9.17) is 9.15 Å². The number of carbonyl (C=O) groups excluding carboxylic acids is 1. The molecule has 0 aliphatic carbocycles. The third-order valence-electron chi connectivity index (χ3n) is 4.59. The summed E-state index contributed by atoms with van der Waals surface area (Å²) >= 11 is 0. The summed E-state index contributed by atoms with van der Waals surface area (Å²) in [6.45, 7) is 2.82. The van der Waals surface area contributed by atoms with Gasteiger partial charge in [-0.15, -0.1) is 0 Å². The molecule has 3 aromatic rings. The third-order valence-corrected chi connectivity index (χ3v) is 4.59. The van der Waals surface area contributed by atoms with Crippen molar-refractivity contribution < 1.29 is 13.9 Å². The molecule has 0 unspecified atom stereocenters. The second-order valence-electron chi connectivity index (χ2n) is 6.46. The van der Waals surface area contributed by atoms with Gasteiger partial charge in [-0.25, -0.2) is 0 Å². The lowest BCUT2D eigenvalue weighted by Crippen LogP contribution is -2.35. The Morgan fingerprint density at radius 1 is 1.07 bits per heavy atom. The van der Waals surface area contributed by atoms with E-state index in [1.165, 1.54) is 6.08 Å². The van der Waals surface area contributed by atoms with Crippen LogP contribution in [0.2, 0.25) is 0 Å². The van der Waals surface area contributed by atoms with Crippen LogP contribution in [0.15, 0.2) is 64.6 Å². The van der Waals surface area contributed by atoms with Crippen LogP contribution in [0.3, 0.4) is 0 Å². The second-order valence-corrected chi connectivity index (χ2v) is 6.46. The molecular formula is C22H19N3O3. The van der Waals surface area contributed by atoms with Crippen molar-refractivity contribution in [1.82, 2.24) is 0 Å². The molecule has 1 fully saturated rings. The number of fused-ring (bicyclic) bond motifs is 1. The topological polar surface area (TPSA) is 78.5 Å². The van der Waals surface area contributed by atoms with Crippen molar-refractivity contribution >= 4 is 34.3 Å². The predicted molar refractivity (Wildman–Crippen MR) is 108 cm³/mol. The van der Waals surface area contributed by atoms with E-state index >= 15 is 0 Å². The van der Waals surface area contributed by atoms with Gasteiger partial charge in [0.05, 0.1) is 13.2 Å². The summed E-state index contributed by atoms with van der Waals surface area (Å²) in [5.41, 5.74) is 0.620. The van der Waals surface area contributed by atoms with Crippen molar-refractivity contribution in [2.75, 3.05) is 36.5 Å². The number of ether oxygens (including phenoxy) is 1. The highest BCUT2D eigenvalue weighted by Crippen LogP contribution is 2.22. The van der Waals surface area contributed by atoms with E-state index in [1.54, 1.807) is 6.07 Å². The summed E-state index contributed by atoms with van der Waals surface area (Å²) in [4.78, 5) is 14.6. The Balaban J connectivity index is 1.50. The molecule has 140 valence electrons. The fourth-order valence-electron chi connectivity index (χ4n) is 3.13. The maximum atomic E-state index is 12.5. The molecule has 6 heteroatoms. The Morgan fingerprint density at radius 3 is 2.64 bits per heavy atom. The molecule has 1 aromatic heterocycles. The van der Waals surface area contributed by atoms with E-state index in [0.29, 0.717) is 30.5 Å². The van der Waals surface area contributed by atoms with Gasteiger partial charge in [-0.2, -0.15) is 5.26 Å². The molecule has 1 aliphatic rings. The van der Waals surface area contributed by atoms with E-state index in [-0.39, 0.29) is 5.57 Å². The van der Waals surface area contributed by atoms with Crippen molar-refractivity contribution in [2.24, 2.45) is 0 Å². The van der Waals surface area contributed by atoms with Gasteiger partial charge < -0.3 is 19.4 Å². The molecule has 4 rings (SSSR count). The SMILES string of the molecule is N#C/C(=C\c1ccc(N2CCOCC2)o1)C(=O)Nc1ccc2ccccc2c1. The van der Waals surface area contributed by atoms with Gasteiger partial charge in [0.25, 0.3) is 5.91 Å². The molecule has 6 nitrogen and oxygen atoms in total. The number of anilines is 2. The zero-order valence-electron chi connectivity index (χ0n) is 15.2. The number of hydrogen-bond donors (Lipinski definition) is 1. The van der Waals surface area contributed by atoms with Crippen molar-refractivity contribution in [3.63, 3.8) is 0 Å². The van der Waals surface area contributed by atoms with Gasteiger partial charge in [-0.05, 0) is 29.0 Å². The smallest absolute Gasteiger partial charge is 0.266 e. The fourth-order valence-corrected chi connectivity index (χ4v) is 3.13. The molecule has 0 spiro atoms. The highest BCUT2D eigenvalue weighted by atomic mass is 16.5. The summed E-state index contributed by atoms with van der Waals surface area (Å²) in [5.74, 6) is 0.704. The minimum atomic E-state index is -0.470. The molecule has 2 aromatic carbocycles. The zero-order chi connectivity index (χ0) is 19.3. The Hall–Kier alpha value is -3.56. The van der Waals surface area contributed by atoms with E-state index < -0.39 is 5.91 Å². The average Bonchev–Trinajstić information content (AvgIpc) is 3.21. The summed E-state index contributed by atoms with van der Waals surface area (Å²) in [6.07, 6.45) is 1.46. The first-order chi connectivity index (χ1) is 13.7. The number of carbonyl (C=O) groups is 1. The van der Waals surface area contributed by atoms with Gasteiger partial charge in [-0.1, -0.05) is 30.3 Å². The Morgan fingerprint density at radius 2 is 1.86 bits per heavy atom. The first-order valence-electron chi connectivity index (χ1n) is 9.07. The van der Waals surface area contributed by atoms with Crippen LogP contribution in [-0.4, -0.2) is 32.2 Å². The first-order valence-corrected chi connectivity index (χ1v) is 9.07. The highest BCUT2D eigenvalue weighted by molar-refractivity contribution is 6.10. The van der Waals surface area contributed by atoms with E-state index in [9.17, 15) is 10.1 Å². The molecule has 0 bridgehead atoms. The number of morpholine rings is 1. The predicted octanol–water partition coefficient (Wildman–Crippen LogP) is 3.82. The van der Waals surface area contributed by atoms with Crippen LogP contribution in [-0.2, 0) is 9.53 Å². The lowest BCUT2D eigenvalue weighted by atomic mass is 10.1. The molecular weight excluding hydrogens is 354 g/mol. The van der Waals surface area contributed by atoms with Crippen LogP contribution >= 0.6 is 0 Å². The number of nitrogens with zero attached hydrogens (tertiary/aromatic N) is 2. The Bertz CT molecular complexity index is 1070. The molecule has 0 radical (unpaired) electrons.